The topological polar surface area (TPSA) is 94.3 Å². The van der Waals surface area contributed by atoms with Crippen molar-refractivity contribution in [2.75, 3.05) is 17.9 Å². The molecule has 1 aromatic heterocycles. The summed E-state index contributed by atoms with van der Waals surface area (Å²) in [4.78, 5) is 4.93. The molecule has 5 rings (SSSR count). The van der Waals surface area contributed by atoms with Gasteiger partial charge in [0.15, 0.2) is 5.82 Å². The van der Waals surface area contributed by atoms with Crippen molar-refractivity contribution < 1.29 is 17.7 Å². The van der Waals surface area contributed by atoms with Crippen LogP contribution in [-0.4, -0.2) is 31.8 Å². The maximum atomic E-state index is 13.1. The highest BCUT2D eigenvalue weighted by atomic mass is 32.2. The number of rotatable bonds is 6. The highest BCUT2D eigenvalue weighted by molar-refractivity contribution is 7.92. The summed E-state index contributed by atoms with van der Waals surface area (Å²) in [5, 5.41) is 4.39. The van der Waals surface area contributed by atoms with Gasteiger partial charge in [-0.05, 0) is 74.6 Å². The predicted octanol–water partition coefficient (Wildman–Crippen LogP) is 5.56. The molecule has 4 aromatic rings. The molecular weight excluding hydrogens is 474 g/mol. The van der Waals surface area contributed by atoms with Crippen LogP contribution in [0, 0.1) is 20.8 Å². The average molecular weight is 504 g/mol. The fraction of sp³-hybridized carbons (Fsp3) is 0.286. The van der Waals surface area contributed by atoms with Gasteiger partial charge >= 0.3 is 0 Å². The van der Waals surface area contributed by atoms with Crippen molar-refractivity contribution in [1.82, 2.24) is 10.1 Å². The van der Waals surface area contributed by atoms with Gasteiger partial charge in [-0.2, -0.15) is 4.98 Å². The summed E-state index contributed by atoms with van der Waals surface area (Å²) in [6.07, 6.45) is 1.48. The van der Waals surface area contributed by atoms with Crippen LogP contribution in [0.15, 0.2) is 76.1 Å². The molecule has 0 unspecified atom stereocenters. The molecule has 36 heavy (non-hydrogen) atoms. The SMILES string of the molecule is Cc1ccc(C2(c3noc(-c4cc(S(=O)(=O)Nc5cccc(C)c5)ccc4C)n3)CCOCC2)cc1. The van der Waals surface area contributed by atoms with Crippen LogP contribution < -0.4 is 4.72 Å². The van der Waals surface area contributed by atoms with E-state index in [0.29, 0.717) is 36.2 Å². The lowest BCUT2D eigenvalue weighted by Crippen LogP contribution is -2.36. The van der Waals surface area contributed by atoms with E-state index < -0.39 is 15.4 Å². The Labute approximate surface area is 211 Å². The Hall–Kier alpha value is -3.49. The summed E-state index contributed by atoms with van der Waals surface area (Å²) >= 11 is 0. The molecule has 1 saturated heterocycles. The number of nitrogens with one attached hydrogen (secondary N) is 1. The van der Waals surface area contributed by atoms with Gasteiger partial charge < -0.3 is 9.26 Å². The molecule has 8 heteroatoms. The van der Waals surface area contributed by atoms with E-state index in [1.54, 1.807) is 30.3 Å². The number of aromatic nitrogens is 2. The Morgan fingerprint density at radius 2 is 1.64 bits per heavy atom. The number of sulfonamides is 1. The van der Waals surface area contributed by atoms with Crippen molar-refractivity contribution in [3.63, 3.8) is 0 Å². The van der Waals surface area contributed by atoms with Gasteiger partial charge in [0.2, 0.25) is 0 Å². The fourth-order valence-electron chi connectivity index (χ4n) is 4.68. The summed E-state index contributed by atoms with van der Waals surface area (Å²) in [5.41, 5.74) is 4.80. The van der Waals surface area contributed by atoms with E-state index in [0.717, 1.165) is 29.5 Å². The summed E-state index contributed by atoms with van der Waals surface area (Å²) in [6, 6.07) is 20.6. The molecular formula is C28H29N3O4S. The van der Waals surface area contributed by atoms with Gasteiger partial charge in [-0.15, -0.1) is 0 Å². The normalized spacial score (nSPS) is 15.5. The first-order chi connectivity index (χ1) is 17.3. The van der Waals surface area contributed by atoms with Crippen LogP contribution in [0.5, 0.6) is 0 Å². The van der Waals surface area contributed by atoms with Gasteiger partial charge in [-0.25, -0.2) is 8.42 Å². The highest BCUT2D eigenvalue weighted by Crippen LogP contribution is 2.41. The van der Waals surface area contributed by atoms with Gasteiger partial charge in [0.1, 0.15) is 0 Å². The molecule has 1 fully saturated rings. The molecule has 0 radical (unpaired) electrons. The standard InChI is InChI=1S/C28H29N3O4S/c1-19-7-10-22(11-8-19)28(13-15-34-16-14-28)27-29-26(35-30-27)25-18-24(12-9-21(25)3)36(32,33)31-23-6-4-5-20(2)17-23/h4-12,17-18,31H,13-16H2,1-3H3. The molecule has 2 heterocycles. The van der Waals surface area contributed by atoms with E-state index in [1.165, 1.54) is 5.56 Å². The molecule has 0 saturated carbocycles. The van der Waals surface area contributed by atoms with Gasteiger partial charge in [-0.1, -0.05) is 53.2 Å². The maximum Gasteiger partial charge on any atom is 0.261 e. The lowest BCUT2D eigenvalue weighted by Gasteiger charge is -2.34. The molecule has 1 aliphatic heterocycles. The van der Waals surface area contributed by atoms with Gasteiger partial charge in [0.05, 0.1) is 10.3 Å². The van der Waals surface area contributed by atoms with Crippen molar-refractivity contribution in [3.8, 4) is 11.5 Å². The van der Waals surface area contributed by atoms with E-state index in [2.05, 4.69) is 41.1 Å². The largest absolute Gasteiger partial charge is 0.381 e. The lowest BCUT2D eigenvalue weighted by molar-refractivity contribution is 0.0597. The van der Waals surface area contributed by atoms with Crippen molar-refractivity contribution in [1.29, 1.82) is 0 Å². The molecule has 0 atom stereocenters. The van der Waals surface area contributed by atoms with Crippen LogP contribution >= 0.6 is 0 Å². The molecule has 3 aromatic carbocycles. The van der Waals surface area contributed by atoms with E-state index in [-0.39, 0.29) is 4.90 Å². The Kier molecular flexibility index (Phi) is 6.40. The Bertz CT molecular complexity index is 1490. The minimum absolute atomic E-state index is 0.128. The first-order valence-corrected chi connectivity index (χ1v) is 13.4. The second-order valence-electron chi connectivity index (χ2n) is 9.44. The van der Waals surface area contributed by atoms with Crippen molar-refractivity contribution in [3.05, 3.63) is 94.8 Å². The number of benzene rings is 3. The van der Waals surface area contributed by atoms with Gasteiger partial charge in [-0.3, -0.25) is 4.72 Å². The van der Waals surface area contributed by atoms with Crippen LogP contribution in [-0.2, 0) is 20.2 Å². The Morgan fingerprint density at radius 1 is 0.889 bits per heavy atom. The molecule has 186 valence electrons. The zero-order valence-electron chi connectivity index (χ0n) is 20.6. The molecule has 0 aliphatic carbocycles. The molecule has 0 amide bonds. The number of hydrogen-bond donors (Lipinski definition) is 1. The number of anilines is 1. The highest BCUT2D eigenvalue weighted by Gasteiger charge is 2.41. The van der Waals surface area contributed by atoms with Crippen LogP contribution in [0.3, 0.4) is 0 Å². The zero-order valence-corrected chi connectivity index (χ0v) is 21.4. The lowest BCUT2D eigenvalue weighted by atomic mass is 9.73. The zero-order chi connectivity index (χ0) is 25.3. The summed E-state index contributed by atoms with van der Waals surface area (Å²) in [7, 11) is -3.81. The fourth-order valence-corrected chi connectivity index (χ4v) is 5.76. The third-order valence-corrected chi connectivity index (χ3v) is 8.20. The van der Waals surface area contributed by atoms with E-state index >= 15 is 0 Å². The number of nitrogens with zero attached hydrogens (tertiary/aromatic N) is 2. The van der Waals surface area contributed by atoms with Crippen molar-refractivity contribution in [2.45, 2.75) is 43.9 Å². The monoisotopic (exact) mass is 503 g/mol. The summed E-state index contributed by atoms with van der Waals surface area (Å²) < 4.78 is 40.3. The number of hydrogen-bond acceptors (Lipinski definition) is 6. The minimum Gasteiger partial charge on any atom is -0.381 e. The van der Waals surface area contributed by atoms with Gasteiger partial charge in [0.25, 0.3) is 15.9 Å². The summed E-state index contributed by atoms with van der Waals surface area (Å²) in [6.45, 7) is 7.08. The summed E-state index contributed by atoms with van der Waals surface area (Å²) in [5.74, 6) is 0.892. The molecule has 0 bridgehead atoms. The predicted molar refractivity (Wildman–Crippen MR) is 138 cm³/mol. The quantitative estimate of drug-likeness (QED) is 0.370. The van der Waals surface area contributed by atoms with Crippen LogP contribution in [0.4, 0.5) is 5.69 Å². The van der Waals surface area contributed by atoms with E-state index in [1.807, 2.05) is 26.0 Å². The Morgan fingerprint density at radius 3 is 2.36 bits per heavy atom. The molecule has 7 nitrogen and oxygen atoms in total. The minimum atomic E-state index is -3.81. The van der Waals surface area contributed by atoms with Crippen LogP contribution in [0.2, 0.25) is 0 Å². The number of ether oxygens (including phenoxy) is 1. The smallest absolute Gasteiger partial charge is 0.261 e. The Balaban J connectivity index is 1.51. The second-order valence-corrected chi connectivity index (χ2v) is 11.1. The first kappa shape index (κ1) is 24.2. The average Bonchev–Trinajstić information content (AvgIpc) is 3.35. The number of aryl methyl sites for hydroxylation is 3. The van der Waals surface area contributed by atoms with Gasteiger partial charge in [0, 0.05) is 24.5 Å². The van der Waals surface area contributed by atoms with Crippen LogP contribution in [0.1, 0.15) is 40.9 Å². The van der Waals surface area contributed by atoms with Crippen LogP contribution in [0.25, 0.3) is 11.5 Å². The maximum absolute atomic E-state index is 13.1. The first-order valence-electron chi connectivity index (χ1n) is 12.0. The third kappa shape index (κ3) is 4.66. The van der Waals surface area contributed by atoms with E-state index in [4.69, 9.17) is 14.2 Å². The molecule has 1 N–H and O–H groups in total. The van der Waals surface area contributed by atoms with Crippen molar-refractivity contribution in [2.24, 2.45) is 0 Å². The molecule has 1 aliphatic rings. The van der Waals surface area contributed by atoms with Crippen molar-refractivity contribution >= 4 is 15.7 Å². The van der Waals surface area contributed by atoms with E-state index in [9.17, 15) is 8.42 Å². The third-order valence-electron chi connectivity index (χ3n) is 6.82. The second kappa shape index (κ2) is 9.52. The molecule has 0 spiro atoms.